The zero-order chi connectivity index (χ0) is 13.0. The summed E-state index contributed by atoms with van der Waals surface area (Å²) in [6, 6.07) is 19.3. The third kappa shape index (κ3) is 2.92. The van der Waals surface area contributed by atoms with Crippen LogP contribution in [-0.4, -0.2) is 24.9 Å². The molecular weight excluding hydrogens is 242 g/mol. The highest BCUT2D eigenvalue weighted by molar-refractivity contribution is 6.18. The highest BCUT2D eigenvalue weighted by Gasteiger charge is 2.12. The van der Waals surface area contributed by atoms with Gasteiger partial charge in [0.15, 0.2) is 0 Å². The maximum atomic E-state index is 6.01. The highest BCUT2D eigenvalue weighted by atomic mass is 35.5. The van der Waals surface area contributed by atoms with Crippen molar-refractivity contribution in [1.29, 1.82) is 0 Å². The van der Waals surface area contributed by atoms with Gasteiger partial charge in [0.1, 0.15) is 0 Å². The van der Waals surface area contributed by atoms with E-state index in [2.05, 4.69) is 67.5 Å². The molecule has 18 heavy (non-hydrogen) atoms. The number of benzene rings is 2. The number of alkyl halides is 1. The minimum Gasteiger partial charge on any atom is -0.301 e. The molecule has 2 heteroatoms. The first-order valence-corrected chi connectivity index (χ1v) is 6.63. The van der Waals surface area contributed by atoms with E-state index in [1.165, 1.54) is 16.7 Å². The van der Waals surface area contributed by atoms with Crippen LogP contribution in [0.25, 0.3) is 11.1 Å². The van der Waals surface area contributed by atoms with E-state index in [0.29, 0.717) is 5.88 Å². The summed E-state index contributed by atoms with van der Waals surface area (Å²) in [5.74, 6) is 0.609. The zero-order valence-electron chi connectivity index (χ0n) is 10.8. The Hall–Kier alpha value is -1.31. The van der Waals surface area contributed by atoms with Gasteiger partial charge in [-0.15, -0.1) is 11.6 Å². The maximum Gasteiger partial charge on any atom is 0.0477 e. The van der Waals surface area contributed by atoms with E-state index in [0.717, 1.165) is 0 Å². The molecule has 1 nitrogen and oxygen atoms in total. The van der Waals surface area contributed by atoms with Crippen LogP contribution in [0.3, 0.4) is 0 Å². The lowest BCUT2D eigenvalue weighted by molar-refractivity contribution is 0.324. The topological polar surface area (TPSA) is 3.24 Å². The summed E-state index contributed by atoms with van der Waals surface area (Å²) in [5, 5.41) is 0. The Kier molecular flexibility index (Phi) is 4.40. The Balaban J connectivity index is 2.25. The molecule has 1 atom stereocenters. The molecule has 0 amide bonds. The Morgan fingerprint density at radius 2 is 1.44 bits per heavy atom. The van der Waals surface area contributed by atoms with E-state index in [1.807, 2.05) is 6.07 Å². The van der Waals surface area contributed by atoms with Crippen molar-refractivity contribution in [2.24, 2.45) is 0 Å². The molecule has 0 N–H and O–H groups in total. The second-order valence-electron chi connectivity index (χ2n) is 4.62. The third-order valence-corrected chi connectivity index (χ3v) is 3.46. The number of hydrogen-bond acceptors (Lipinski definition) is 1. The zero-order valence-corrected chi connectivity index (χ0v) is 11.6. The standard InChI is InChI=1S/C16H18ClN/c1-18(2)16(12-17)15-10-8-14(9-11-15)13-6-4-3-5-7-13/h3-11,16H,12H2,1-2H3. The summed E-state index contributed by atoms with van der Waals surface area (Å²) in [4.78, 5) is 2.14. The molecule has 0 aliphatic rings. The molecule has 0 heterocycles. The first-order valence-electron chi connectivity index (χ1n) is 6.10. The number of hydrogen-bond donors (Lipinski definition) is 0. The summed E-state index contributed by atoms with van der Waals surface area (Å²) >= 11 is 6.01. The van der Waals surface area contributed by atoms with Gasteiger partial charge < -0.3 is 4.90 Å². The van der Waals surface area contributed by atoms with Crippen LogP contribution in [0.15, 0.2) is 54.6 Å². The molecule has 1 unspecified atom stereocenters. The van der Waals surface area contributed by atoms with Crippen LogP contribution in [0.1, 0.15) is 11.6 Å². The van der Waals surface area contributed by atoms with Crippen molar-refractivity contribution in [2.75, 3.05) is 20.0 Å². The monoisotopic (exact) mass is 259 g/mol. The quantitative estimate of drug-likeness (QED) is 0.744. The molecule has 2 aromatic carbocycles. The lowest BCUT2D eigenvalue weighted by Gasteiger charge is -2.22. The Bertz CT molecular complexity index is 476. The maximum absolute atomic E-state index is 6.01. The third-order valence-electron chi connectivity index (χ3n) is 3.17. The van der Waals surface area contributed by atoms with Crippen LogP contribution in [0.5, 0.6) is 0 Å². The predicted octanol–water partition coefficient (Wildman–Crippen LogP) is 4.20. The first-order chi connectivity index (χ1) is 8.72. The summed E-state index contributed by atoms with van der Waals surface area (Å²) in [5.41, 5.74) is 3.75. The van der Waals surface area contributed by atoms with Crippen molar-refractivity contribution in [1.82, 2.24) is 4.90 Å². The molecule has 0 radical (unpaired) electrons. The molecule has 2 rings (SSSR count). The van der Waals surface area contributed by atoms with Crippen molar-refractivity contribution >= 4 is 11.6 Å². The lowest BCUT2D eigenvalue weighted by Crippen LogP contribution is -2.21. The predicted molar refractivity (Wildman–Crippen MR) is 79.0 cm³/mol. The Labute approximate surface area is 114 Å². The summed E-state index contributed by atoms with van der Waals surface area (Å²) in [6.07, 6.45) is 0. The molecule has 0 spiro atoms. The van der Waals surface area contributed by atoms with Gasteiger partial charge >= 0.3 is 0 Å². The SMILES string of the molecule is CN(C)C(CCl)c1ccc(-c2ccccc2)cc1. The van der Waals surface area contributed by atoms with Gasteiger partial charge in [0.05, 0.1) is 0 Å². The normalized spacial score (nSPS) is 12.7. The molecule has 0 aromatic heterocycles. The largest absolute Gasteiger partial charge is 0.301 e. The van der Waals surface area contributed by atoms with E-state index in [-0.39, 0.29) is 6.04 Å². The summed E-state index contributed by atoms with van der Waals surface area (Å²) in [6.45, 7) is 0. The van der Waals surface area contributed by atoms with E-state index in [1.54, 1.807) is 0 Å². The molecule has 0 bridgehead atoms. The van der Waals surface area contributed by atoms with Gasteiger partial charge in [-0.25, -0.2) is 0 Å². The minimum absolute atomic E-state index is 0.275. The lowest BCUT2D eigenvalue weighted by atomic mass is 10.0. The molecule has 0 fully saturated rings. The average molecular weight is 260 g/mol. The van der Waals surface area contributed by atoms with E-state index in [4.69, 9.17) is 11.6 Å². The Morgan fingerprint density at radius 1 is 0.889 bits per heavy atom. The van der Waals surface area contributed by atoms with Gasteiger partial charge in [0, 0.05) is 11.9 Å². The van der Waals surface area contributed by atoms with Crippen molar-refractivity contribution < 1.29 is 0 Å². The molecule has 0 aliphatic carbocycles. The van der Waals surface area contributed by atoms with Crippen molar-refractivity contribution in [3.05, 3.63) is 60.2 Å². The molecule has 0 aliphatic heterocycles. The average Bonchev–Trinajstić information content (AvgIpc) is 2.41. The molecule has 2 aromatic rings. The Morgan fingerprint density at radius 3 is 1.94 bits per heavy atom. The van der Waals surface area contributed by atoms with E-state index >= 15 is 0 Å². The van der Waals surface area contributed by atoms with Crippen molar-refractivity contribution in [3.8, 4) is 11.1 Å². The fourth-order valence-corrected chi connectivity index (χ4v) is 2.51. The number of halogens is 1. The summed E-state index contributed by atoms with van der Waals surface area (Å²) in [7, 11) is 4.11. The van der Waals surface area contributed by atoms with Crippen LogP contribution in [0.4, 0.5) is 0 Å². The van der Waals surface area contributed by atoms with E-state index < -0.39 is 0 Å². The fourth-order valence-electron chi connectivity index (χ4n) is 2.05. The van der Waals surface area contributed by atoms with Gasteiger partial charge in [-0.2, -0.15) is 0 Å². The van der Waals surface area contributed by atoms with Gasteiger partial charge in [-0.05, 0) is 30.8 Å². The minimum atomic E-state index is 0.275. The van der Waals surface area contributed by atoms with Gasteiger partial charge in [0.25, 0.3) is 0 Å². The van der Waals surface area contributed by atoms with Crippen molar-refractivity contribution in [3.63, 3.8) is 0 Å². The van der Waals surface area contributed by atoms with Crippen LogP contribution in [0, 0.1) is 0 Å². The fraction of sp³-hybridized carbons (Fsp3) is 0.250. The number of rotatable bonds is 4. The number of nitrogens with zero attached hydrogens (tertiary/aromatic N) is 1. The van der Waals surface area contributed by atoms with E-state index in [9.17, 15) is 0 Å². The summed E-state index contributed by atoms with van der Waals surface area (Å²) < 4.78 is 0. The van der Waals surface area contributed by atoms with Crippen LogP contribution in [-0.2, 0) is 0 Å². The molecule has 0 saturated heterocycles. The molecule has 0 saturated carbocycles. The second-order valence-corrected chi connectivity index (χ2v) is 4.93. The molecule has 94 valence electrons. The highest BCUT2D eigenvalue weighted by Crippen LogP contribution is 2.24. The van der Waals surface area contributed by atoms with Gasteiger partial charge in [-0.3, -0.25) is 0 Å². The second kappa shape index (κ2) is 6.03. The van der Waals surface area contributed by atoms with Crippen molar-refractivity contribution in [2.45, 2.75) is 6.04 Å². The van der Waals surface area contributed by atoms with Crippen LogP contribution in [0.2, 0.25) is 0 Å². The van der Waals surface area contributed by atoms with Gasteiger partial charge in [-0.1, -0.05) is 54.6 Å². The first kappa shape index (κ1) is 13.1. The van der Waals surface area contributed by atoms with Crippen LogP contribution < -0.4 is 0 Å². The van der Waals surface area contributed by atoms with Crippen LogP contribution >= 0.6 is 11.6 Å². The van der Waals surface area contributed by atoms with Gasteiger partial charge in [0.2, 0.25) is 0 Å². The molecular formula is C16H18ClN. The smallest absolute Gasteiger partial charge is 0.0477 e.